The average Bonchev–Trinajstić information content (AvgIpc) is 2.74. The van der Waals surface area contributed by atoms with Crippen LogP contribution in [0.5, 0.6) is 0 Å². The van der Waals surface area contributed by atoms with Crippen LogP contribution in [0.2, 0.25) is 0 Å². The molecule has 1 unspecified atom stereocenters. The molecule has 3 N–H and O–H groups in total. The smallest absolute Gasteiger partial charge is 0.338 e. The van der Waals surface area contributed by atoms with E-state index in [0.29, 0.717) is 13.0 Å². The predicted molar refractivity (Wildman–Crippen MR) is 70.0 cm³/mol. The Balaban J connectivity index is 2.15. The fourth-order valence-electron chi connectivity index (χ4n) is 2.37. The van der Waals surface area contributed by atoms with E-state index in [1.165, 1.54) is 12.8 Å². The van der Waals surface area contributed by atoms with Crippen molar-refractivity contribution in [2.24, 2.45) is 5.41 Å². The van der Waals surface area contributed by atoms with Gasteiger partial charge in [0, 0.05) is 6.54 Å². The molecule has 1 aliphatic carbocycles. The van der Waals surface area contributed by atoms with Gasteiger partial charge in [-0.05, 0) is 31.6 Å². The molecule has 1 rings (SSSR count). The van der Waals surface area contributed by atoms with Gasteiger partial charge in [0.15, 0.2) is 0 Å². The van der Waals surface area contributed by atoms with Gasteiger partial charge in [-0.2, -0.15) is 0 Å². The SMILES string of the molecule is CC(O)CC(C)(C)CNC(=O)NOC1CCCC1. The molecule has 5 heteroatoms. The van der Waals surface area contributed by atoms with E-state index in [1.807, 2.05) is 13.8 Å². The number of hydrogen-bond acceptors (Lipinski definition) is 3. The second-order valence-electron chi connectivity index (χ2n) is 6.03. The number of aliphatic hydroxyl groups excluding tert-OH is 1. The van der Waals surface area contributed by atoms with Gasteiger partial charge in [0.2, 0.25) is 0 Å². The molecule has 0 aromatic heterocycles. The van der Waals surface area contributed by atoms with Gasteiger partial charge >= 0.3 is 6.03 Å². The minimum Gasteiger partial charge on any atom is -0.393 e. The minimum atomic E-state index is -0.361. The van der Waals surface area contributed by atoms with Crippen molar-refractivity contribution in [1.29, 1.82) is 0 Å². The Kier molecular flexibility index (Phi) is 5.88. The first-order valence-electron chi connectivity index (χ1n) is 6.76. The van der Waals surface area contributed by atoms with E-state index in [0.717, 1.165) is 12.8 Å². The first kappa shape index (κ1) is 15.2. The molecule has 1 atom stereocenters. The summed E-state index contributed by atoms with van der Waals surface area (Å²) in [7, 11) is 0. The van der Waals surface area contributed by atoms with Crippen LogP contribution in [0.25, 0.3) is 0 Å². The Hall–Kier alpha value is -0.810. The van der Waals surface area contributed by atoms with E-state index in [2.05, 4.69) is 10.8 Å². The molecule has 0 aliphatic heterocycles. The highest BCUT2D eigenvalue weighted by molar-refractivity contribution is 5.72. The number of hydroxylamine groups is 1. The highest BCUT2D eigenvalue weighted by atomic mass is 16.7. The third-order valence-electron chi connectivity index (χ3n) is 3.20. The van der Waals surface area contributed by atoms with E-state index >= 15 is 0 Å². The minimum absolute atomic E-state index is 0.126. The number of amides is 2. The first-order valence-corrected chi connectivity index (χ1v) is 6.76. The zero-order valence-corrected chi connectivity index (χ0v) is 11.7. The first-order chi connectivity index (χ1) is 8.39. The third-order valence-corrected chi connectivity index (χ3v) is 3.20. The lowest BCUT2D eigenvalue weighted by Crippen LogP contribution is -2.42. The summed E-state index contributed by atoms with van der Waals surface area (Å²) in [5, 5.41) is 12.1. The lowest BCUT2D eigenvalue weighted by Gasteiger charge is -2.26. The molecule has 1 aliphatic rings. The van der Waals surface area contributed by atoms with Crippen LogP contribution in [-0.2, 0) is 4.84 Å². The monoisotopic (exact) mass is 258 g/mol. The van der Waals surface area contributed by atoms with Crippen LogP contribution in [-0.4, -0.2) is 29.9 Å². The number of carbonyl (C=O) groups excluding carboxylic acids is 1. The molecule has 2 amide bonds. The number of urea groups is 1. The second kappa shape index (κ2) is 6.95. The Morgan fingerprint density at radius 3 is 2.61 bits per heavy atom. The van der Waals surface area contributed by atoms with Crippen LogP contribution < -0.4 is 10.8 Å². The summed E-state index contributed by atoms with van der Waals surface area (Å²) in [5.41, 5.74) is 2.31. The van der Waals surface area contributed by atoms with Crippen molar-refractivity contribution in [3.8, 4) is 0 Å². The summed E-state index contributed by atoms with van der Waals surface area (Å²) in [6, 6.07) is -0.305. The van der Waals surface area contributed by atoms with E-state index < -0.39 is 0 Å². The van der Waals surface area contributed by atoms with Gasteiger partial charge in [0.05, 0.1) is 12.2 Å². The predicted octanol–water partition coefficient (Wildman–Crippen LogP) is 1.96. The lowest BCUT2D eigenvalue weighted by molar-refractivity contribution is -0.000469. The molecule has 0 radical (unpaired) electrons. The van der Waals surface area contributed by atoms with Crippen molar-refractivity contribution in [2.45, 2.75) is 65.1 Å². The number of rotatable bonds is 6. The van der Waals surface area contributed by atoms with Gasteiger partial charge in [-0.1, -0.05) is 26.7 Å². The number of hydrogen-bond donors (Lipinski definition) is 3. The van der Waals surface area contributed by atoms with Crippen molar-refractivity contribution in [1.82, 2.24) is 10.8 Å². The Labute approximate surface area is 109 Å². The number of carbonyl (C=O) groups is 1. The number of aliphatic hydroxyl groups is 1. The average molecular weight is 258 g/mol. The van der Waals surface area contributed by atoms with Gasteiger partial charge in [0.25, 0.3) is 0 Å². The Morgan fingerprint density at radius 2 is 2.06 bits per heavy atom. The summed E-state index contributed by atoms with van der Waals surface area (Å²) < 4.78 is 0. The van der Waals surface area contributed by atoms with Gasteiger partial charge in [-0.25, -0.2) is 10.3 Å². The summed E-state index contributed by atoms with van der Waals surface area (Å²) in [6.45, 7) is 6.29. The van der Waals surface area contributed by atoms with Gasteiger partial charge in [-0.15, -0.1) is 0 Å². The molecule has 0 spiro atoms. The van der Waals surface area contributed by atoms with Crippen molar-refractivity contribution in [2.75, 3.05) is 6.54 Å². The van der Waals surface area contributed by atoms with Crippen molar-refractivity contribution < 1.29 is 14.7 Å². The Bertz CT molecular complexity index is 261. The van der Waals surface area contributed by atoms with Crippen LogP contribution in [0.15, 0.2) is 0 Å². The molecule has 1 saturated carbocycles. The van der Waals surface area contributed by atoms with Gasteiger partial charge in [0.1, 0.15) is 0 Å². The molecule has 0 bridgehead atoms. The maximum atomic E-state index is 11.5. The quantitative estimate of drug-likeness (QED) is 0.638. The van der Waals surface area contributed by atoms with Crippen molar-refractivity contribution in [3.05, 3.63) is 0 Å². The van der Waals surface area contributed by atoms with E-state index in [-0.39, 0.29) is 23.7 Å². The maximum Gasteiger partial charge on any atom is 0.338 e. The Morgan fingerprint density at radius 1 is 1.44 bits per heavy atom. The largest absolute Gasteiger partial charge is 0.393 e. The molecule has 106 valence electrons. The summed E-state index contributed by atoms with van der Waals surface area (Å²) in [6.07, 6.45) is 4.85. The van der Waals surface area contributed by atoms with Crippen molar-refractivity contribution in [3.63, 3.8) is 0 Å². The molecule has 18 heavy (non-hydrogen) atoms. The molecule has 0 aromatic carbocycles. The molecule has 0 aromatic rings. The molecular formula is C13H26N2O3. The standard InChI is InChI=1S/C13H26N2O3/c1-10(16)8-13(2,3)9-14-12(17)15-18-11-6-4-5-7-11/h10-11,16H,4-9H2,1-3H3,(H2,14,15,17). The van der Waals surface area contributed by atoms with Crippen LogP contribution in [0.3, 0.4) is 0 Å². The third kappa shape index (κ3) is 6.21. The van der Waals surface area contributed by atoms with Gasteiger partial charge < -0.3 is 10.4 Å². The van der Waals surface area contributed by atoms with Gasteiger partial charge in [-0.3, -0.25) is 4.84 Å². The summed E-state index contributed by atoms with van der Waals surface area (Å²) in [4.78, 5) is 16.8. The van der Waals surface area contributed by atoms with E-state index in [1.54, 1.807) is 6.92 Å². The normalized spacial score (nSPS) is 18.7. The molecule has 0 saturated heterocycles. The second-order valence-corrected chi connectivity index (χ2v) is 6.03. The molecule has 1 fully saturated rings. The number of nitrogens with one attached hydrogen (secondary N) is 2. The summed E-state index contributed by atoms with van der Waals surface area (Å²) in [5.74, 6) is 0. The maximum absolute atomic E-state index is 11.5. The van der Waals surface area contributed by atoms with E-state index in [9.17, 15) is 9.90 Å². The summed E-state index contributed by atoms with van der Waals surface area (Å²) >= 11 is 0. The zero-order chi connectivity index (χ0) is 13.6. The van der Waals surface area contributed by atoms with Crippen molar-refractivity contribution >= 4 is 6.03 Å². The fourth-order valence-corrected chi connectivity index (χ4v) is 2.37. The van der Waals surface area contributed by atoms with E-state index in [4.69, 9.17) is 4.84 Å². The fraction of sp³-hybridized carbons (Fsp3) is 0.923. The topological polar surface area (TPSA) is 70.6 Å². The van der Waals surface area contributed by atoms with Crippen LogP contribution >= 0.6 is 0 Å². The highest BCUT2D eigenvalue weighted by Crippen LogP contribution is 2.21. The van der Waals surface area contributed by atoms with Crippen LogP contribution in [0, 0.1) is 5.41 Å². The van der Waals surface area contributed by atoms with Crippen LogP contribution in [0.1, 0.15) is 52.9 Å². The molecular weight excluding hydrogens is 232 g/mol. The zero-order valence-electron chi connectivity index (χ0n) is 11.7. The van der Waals surface area contributed by atoms with Crippen LogP contribution in [0.4, 0.5) is 4.79 Å². The highest BCUT2D eigenvalue weighted by Gasteiger charge is 2.22. The molecule has 0 heterocycles. The lowest BCUT2D eigenvalue weighted by atomic mass is 9.87. The molecule has 5 nitrogen and oxygen atoms in total.